The topological polar surface area (TPSA) is 70.2 Å². The second kappa shape index (κ2) is 8.10. The molecule has 24 heavy (non-hydrogen) atoms. The van der Waals surface area contributed by atoms with Crippen LogP contribution in [0.4, 0.5) is 20.6 Å². The van der Waals surface area contributed by atoms with Crippen LogP contribution >= 0.6 is 0 Å². The molecule has 0 radical (unpaired) electrons. The number of hydrogen-bond donors (Lipinski definition) is 3. The van der Waals surface area contributed by atoms with Crippen LogP contribution in [0.2, 0.25) is 0 Å². The van der Waals surface area contributed by atoms with Gasteiger partial charge in [-0.25, -0.2) is 9.18 Å². The number of carbonyl (C=O) groups excluding carboxylic acids is 2. The first kappa shape index (κ1) is 17.5. The minimum Gasteiger partial charge on any atom is -0.338 e. The molecule has 2 rings (SSSR count). The Balaban J connectivity index is 1.90. The number of hydrogen-bond acceptors (Lipinski definition) is 2. The third-order valence-electron chi connectivity index (χ3n) is 3.44. The number of nitrogens with one attached hydrogen (secondary N) is 3. The number of urea groups is 1. The zero-order valence-electron chi connectivity index (χ0n) is 13.7. The van der Waals surface area contributed by atoms with Crippen LogP contribution in [-0.2, 0) is 11.2 Å². The molecule has 0 atom stereocenters. The smallest absolute Gasteiger partial charge is 0.319 e. The monoisotopic (exact) mass is 329 g/mol. The lowest BCUT2D eigenvalue weighted by Gasteiger charge is -2.12. The van der Waals surface area contributed by atoms with Crippen LogP contribution in [0.5, 0.6) is 0 Å². The van der Waals surface area contributed by atoms with E-state index in [0.29, 0.717) is 29.9 Å². The van der Waals surface area contributed by atoms with Crippen molar-refractivity contribution in [3.8, 4) is 0 Å². The van der Waals surface area contributed by atoms with Gasteiger partial charge in [0.15, 0.2) is 0 Å². The first-order chi connectivity index (χ1) is 11.5. The molecule has 3 N–H and O–H groups in total. The van der Waals surface area contributed by atoms with Gasteiger partial charge in [-0.1, -0.05) is 24.3 Å². The summed E-state index contributed by atoms with van der Waals surface area (Å²) in [6, 6.07) is 11.3. The number of rotatable bonds is 5. The van der Waals surface area contributed by atoms with Gasteiger partial charge in [-0.3, -0.25) is 4.79 Å². The predicted molar refractivity (Wildman–Crippen MR) is 92.6 cm³/mol. The lowest BCUT2D eigenvalue weighted by molar-refractivity contribution is -0.114. The van der Waals surface area contributed by atoms with E-state index < -0.39 is 0 Å². The number of aryl methyl sites for hydroxylation is 1. The fourth-order valence-corrected chi connectivity index (χ4v) is 2.22. The maximum atomic E-state index is 13.5. The first-order valence-corrected chi connectivity index (χ1v) is 7.62. The van der Waals surface area contributed by atoms with Crippen molar-refractivity contribution in [3.05, 3.63) is 59.4 Å². The highest BCUT2D eigenvalue weighted by molar-refractivity contribution is 5.93. The molecule has 0 unspecified atom stereocenters. The third-order valence-corrected chi connectivity index (χ3v) is 3.44. The summed E-state index contributed by atoms with van der Waals surface area (Å²) in [6.07, 6.45) is 0.408. The molecule has 6 heteroatoms. The summed E-state index contributed by atoms with van der Waals surface area (Å²) in [6.45, 7) is 3.59. The number of halogens is 1. The lowest BCUT2D eigenvalue weighted by Crippen LogP contribution is -2.30. The fraction of sp³-hybridized carbons (Fsp3) is 0.222. The molecule has 3 amide bonds. The van der Waals surface area contributed by atoms with Gasteiger partial charge in [0, 0.05) is 24.8 Å². The predicted octanol–water partition coefficient (Wildman–Crippen LogP) is 3.46. The van der Waals surface area contributed by atoms with E-state index in [9.17, 15) is 14.0 Å². The third kappa shape index (κ3) is 5.08. The van der Waals surface area contributed by atoms with E-state index in [1.807, 2.05) is 6.92 Å². The molecule has 0 aliphatic heterocycles. The zero-order chi connectivity index (χ0) is 17.5. The van der Waals surface area contributed by atoms with E-state index in [-0.39, 0.29) is 17.8 Å². The molecule has 5 nitrogen and oxygen atoms in total. The van der Waals surface area contributed by atoms with Crippen molar-refractivity contribution in [2.24, 2.45) is 0 Å². The van der Waals surface area contributed by atoms with Gasteiger partial charge < -0.3 is 16.0 Å². The molecule has 0 heterocycles. The van der Waals surface area contributed by atoms with Crippen LogP contribution in [0, 0.1) is 12.7 Å². The summed E-state index contributed by atoms with van der Waals surface area (Å²) < 4.78 is 13.5. The second-order valence-electron chi connectivity index (χ2n) is 5.43. The molecule has 0 saturated heterocycles. The molecule has 0 spiro atoms. The van der Waals surface area contributed by atoms with Gasteiger partial charge in [0.25, 0.3) is 0 Å². The first-order valence-electron chi connectivity index (χ1n) is 7.62. The van der Waals surface area contributed by atoms with E-state index in [1.54, 1.807) is 36.4 Å². The summed E-state index contributed by atoms with van der Waals surface area (Å²) in [5.41, 5.74) is 2.63. The number of anilines is 2. The van der Waals surface area contributed by atoms with Gasteiger partial charge >= 0.3 is 6.03 Å². The number of amides is 3. The van der Waals surface area contributed by atoms with Crippen LogP contribution < -0.4 is 16.0 Å². The zero-order valence-corrected chi connectivity index (χ0v) is 13.7. The van der Waals surface area contributed by atoms with E-state index in [4.69, 9.17) is 0 Å². The van der Waals surface area contributed by atoms with Crippen molar-refractivity contribution in [1.29, 1.82) is 0 Å². The van der Waals surface area contributed by atoms with E-state index in [0.717, 1.165) is 5.56 Å². The largest absolute Gasteiger partial charge is 0.338 e. The summed E-state index contributed by atoms with van der Waals surface area (Å²) in [5.74, 6) is -0.460. The Kier molecular flexibility index (Phi) is 5.89. The van der Waals surface area contributed by atoms with Crippen LogP contribution in [0.1, 0.15) is 18.1 Å². The highest BCUT2D eigenvalue weighted by atomic mass is 19.1. The van der Waals surface area contributed by atoms with Crippen molar-refractivity contribution in [1.82, 2.24) is 5.32 Å². The standard InChI is InChI=1S/C18H20FN3O2/c1-12-7-8-15(21-13(2)23)11-17(12)22-18(24)20-10-9-14-5-3-4-6-16(14)19/h3-8,11H,9-10H2,1-2H3,(H,21,23)(H2,20,22,24). The quantitative estimate of drug-likeness (QED) is 0.786. The Morgan fingerprint density at radius 1 is 1.08 bits per heavy atom. The van der Waals surface area contributed by atoms with Crippen LogP contribution in [0.15, 0.2) is 42.5 Å². The molecular formula is C18H20FN3O2. The summed E-state index contributed by atoms with van der Waals surface area (Å²) in [7, 11) is 0. The Morgan fingerprint density at radius 3 is 2.54 bits per heavy atom. The van der Waals surface area contributed by atoms with Crippen molar-refractivity contribution >= 4 is 23.3 Å². The van der Waals surface area contributed by atoms with Gasteiger partial charge in [-0.2, -0.15) is 0 Å². The van der Waals surface area contributed by atoms with Gasteiger partial charge in [0.1, 0.15) is 5.82 Å². The average Bonchev–Trinajstić information content (AvgIpc) is 2.52. The molecular weight excluding hydrogens is 309 g/mol. The van der Waals surface area contributed by atoms with E-state index in [2.05, 4.69) is 16.0 Å². The maximum Gasteiger partial charge on any atom is 0.319 e. The molecule has 2 aromatic carbocycles. The minimum absolute atomic E-state index is 0.181. The molecule has 0 aliphatic rings. The maximum absolute atomic E-state index is 13.5. The molecule has 0 aliphatic carbocycles. The van der Waals surface area contributed by atoms with E-state index >= 15 is 0 Å². The Bertz CT molecular complexity index is 747. The Hall–Kier alpha value is -2.89. The second-order valence-corrected chi connectivity index (χ2v) is 5.43. The van der Waals surface area contributed by atoms with Crippen molar-refractivity contribution < 1.29 is 14.0 Å². The summed E-state index contributed by atoms with van der Waals surface area (Å²) >= 11 is 0. The van der Waals surface area contributed by atoms with Crippen molar-refractivity contribution in [2.75, 3.05) is 17.2 Å². The van der Waals surface area contributed by atoms with E-state index in [1.165, 1.54) is 13.0 Å². The van der Waals surface area contributed by atoms with Crippen LogP contribution in [0.25, 0.3) is 0 Å². The minimum atomic E-state index is -0.380. The molecule has 0 bridgehead atoms. The SMILES string of the molecule is CC(=O)Nc1ccc(C)c(NC(=O)NCCc2ccccc2F)c1. The van der Waals surface area contributed by atoms with Gasteiger partial charge in [0.05, 0.1) is 0 Å². The summed E-state index contributed by atoms with van der Waals surface area (Å²) in [4.78, 5) is 23.1. The lowest BCUT2D eigenvalue weighted by atomic mass is 10.1. The Labute approximate surface area is 140 Å². The normalized spacial score (nSPS) is 10.1. The fourth-order valence-electron chi connectivity index (χ4n) is 2.22. The number of benzene rings is 2. The van der Waals surface area contributed by atoms with Crippen LogP contribution in [-0.4, -0.2) is 18.5 Å². The average molecular weight is 329 g/mol. The highest BCUT2D eigenvalue weighted by Gasteiger charge is 2.07. The highest BCUT2D eigenvalue weighted by Crippen LogP contribution is 2.20. The molecule has 2 aromatic rings. The van der Waals surface area contributed by atoms with Crippen molar-refractivity contribution in [2.45, 2.75) is 20.3 Å². The molecule has 0 aromatic heterocycles. The molecule has 0 fully saturated rings. The van der Waals surface area contributed by atoms with Gasteiger partial charge in [0.2, 0.25) is 5.91 Å². The molecule has 126 valence electrons. The Morgan fingerprint density at radius 2 is 1.83 bits per heavy atom. The number of carbonyl (C=O) groups is 2. The van der Waals surface area contributed by atoms with Gasteiger partial charge in [-0.05, 0) is 42.7 Å². The van der Waals surface area contributed by atoms with Gasteiger partial charge in [-0.15, -0.1) is 0 Å². The molecule has 0 saturated carbocycles. The van der Waals surface area contributed by atoms with Crippen LogP contribution in [0.3, 0.4) is 0 Å². The summed E-state index contributed by atoms with van der Waals surface area (Å²) in [5, 5.41) is 8.08. The van der Waals surface area contributed by atoms with Crippen molar-refractivity contribution in [3.63, 3.8) is 0 Å².